The fourth-order valence-corrected chi connectivity index (χ4v) is 1.49. The Balaban J connectivity index is 2.63. The Morgan fingerprint density at radius 1 is 1.33 bits per heavy atom. The van der Waals surface area contributed by atoms with Gasteiger partial charge in [-0.05, 0) is 17.7 Å². The molecule has 0 radical (unpaired) electrons. The summed E-state index contributed by atoms with van der Waals surface area (Å²) in [4.78, 5) is 11.3. The van der Waals surface area contributed by atoms with Crippen LogP contribution in [0.4, 0.5) is 0 Å². The molecule has 0 bridgehead atoms. The molecule has 1 aromatic rings. The van der Waals surface area contributed by atoms with Gasteiger partial charge in [0.25, 0.3) is 0 Å². The minimum Gasteiger partial charge on any atom is -0.294 e. The second-order valence-corrected chi connectivity index (χ2v) is 3.20. The molecule has 0 fully saturated rings. The molecule has 0 atom stereocenters. The average molecular weight is 179 g/mol. The fraction of sp³-hybridized carbons (Fsp3) is 0.100. The molecule has 1 aromatic carbocycles. The number of halogens is 1. The van der Waals surface area contributed by atoms with Gasteiger partial charge in [0.1, 0.15) is 0 Å². The molecule has 0 saturated carbocycles. The topological polar surface area (TPSA) is 17.1 Å². The van der Waals surface area contributed by atoms with Gasteiger partial charge >= 0.3 is 0 Å². The number of carbonyl (C=O) groups is 1. The summed E-state index contributed by atoms with van der Waals surface area (Å²) in [6, 6.07) is 5.39. The Morgan fingerprint density at radius 2 is 2.17 bits per heavy atom. The maximum absolute atomic E-state index is 11.3. The predicted octanol–water partition coefficient (Wildman–Crippen LogP) is 2.94. The number of hydrogen-bond acceptors (Lipinski definition) is 1. The van der Waals surface area contributed by atoms with Gasteiger partial charge in [0.2, 0.25) is 0 Å². The van der Waals surface area contributed by atoms with Crippen molar-refractivity contribution in [3.63, 3.8) is 0 Å². The van der Waals surface area contributed by atoms with Crippen molar-refractivity contribution < 1.29 is 4.79 Å². The highest BCUT2D eigenvalue weighted by Crippen LogP contribution is 2.22. The minimum atomic E-state index is 0.148. The molecule has 0 N–H and O–H groups in total. The van der Waals surface area contributed by atoms with Crippen LogP contribution in [0.15, 0.2) is 24.3 Å². The smallest absolute Gasteiger partial charge is 0.167 e. The molecule has 0 aliphatic heterocycles. The number of Topliss-reactive ketones (excluding diaryl/α,β-unsaturated/α-hetero) is 1. The number of benzene rings is 1. The molecule has 0 aromatic heterocycles. The molecule has 0 unspecified atom stereocenters. The van der Waals surface area contributed by atoms with E-state index in [-0.39, 0.29) is 5.78 Å². The Hall–Kier alpha value is -1.08. The van der Waals surface area contributed by atoms with E-state index in [1.54, 1.807) is 12.1 Å². The molecular weight excluding hydrogens is 172 g/mol. The van der Waals surface area contributed by atoms with Crippen LogP contribution < -0.4 is 0 Å². The summed E-state index contributed by atoms with van der Waals surface area (Å²) in [5.74, 6) is 0.148. The Morgan fingerprint density at radius 3 is 3.00 bits per heavy atom. The molecule has 2 rings (SSSR count). The van der Waals surface area contributed by atoms with E-state index in [0.29, 0.717) is 11.4 Å². The zero-order chi connectivity index (χ0) is 8.55. The largest absolute Gasteiger partial charge is 0.294 e. The summed E-state index contributed by atoms with van der Waals surface area (Å²) >= 11 is 5.77. The van der Waals surface area contributed by atoms with Crippen molar-refractivity contribution in [3.8, 4) is 0 Å². The van der Waals surface area contributed by atoms with Crippen LogP contribution in [0.5, 0.6) is 0 Å². The molecule has 60 valence electrons. The van der Waals surface area contributed by atoms with E-state index in [1.165, 1.54) is 0 Å². The number of carbonyl (C=O) groups excluding carboxylic acids is 1. The molecule has 1 aliphatic carbocycles. The van der Waals surface area contributed by atoms with Crippen LogP contribution >= 0.6 is 11.6 Å². The Labute approximate surface area is 75.7 Å². The Bertz CT molecular complexity index is 366. The van der Waals surface area contributed by atoms with E-state index in [0.717, 1.165) is 11.1 Å². The van der Waals surface area contributed by atoms with Gasteiger partial charge in [0, 0.05) is 17.0 Å². The fourth-order valence-electron chi connectivity index (χ4n) is 1.32. The van der Waals surface area contributed by atoms with Gasteiger partial charge in [-0.25, -0.2) is 0 Å². The highest BCUT2D eigenvalue weighted by atomic mass is 35.5. The summed E-state index contributed by atoms with van der Waals surface area (Å²) in [7, 11) is 0. The molecule has 2 heteroatoms. The molecule has 1 aliphatic rings. The standard InChI is InChI=1S/C10H7ClO/c11-8-5-4-7-2-1-3-10(12)9(7)6-8/h1-2,4-6H,3H2. The van der Waals surface area contributed by atoms with Crippen molar-refractivity contribution in [3.05, 3.63) is 40.4 Å². The zero-order valence-corrected chi connectivity index (χ0v) is 7.14. The summed E-state index contributed by atoms with van der Waals surface area (Å²) < 4.78 is 0. The third-order valence-corrected chi connectivity index (χ3v) is 2.15. The number of rotatable bonds is 0. The van der Waals surface area contributed by atoms with Gasteiger partial charge in [-0.1, -0.05) is 29.8 Å². The van der Waals surface area contributed by atoms with Crippen molar-refractivity contribution in [2.45, 2.75) is 6.42 Å². The first-order valence-corrected chi connectivity index (χ1v) is 4.14. The lowest BCUT2D eigenvalue weighted by atomic mass is 9.96. The van der Waals surface area contributed by atoms with Crippen molar-refractivity contribution in [1.82, 2.24) is 0 Å². The quantitative estimate of drug-likeness (QED) is 0.597. The van der Waals surface area contributed by atoms with E-state index in [2.05, 4.69) is 0 Å². The van der Waals surface area contributed by atoms with Crippen LogP contribution in [-0.4, -0.2) is 5.78 Å². The first-order valence-electron chi connectivity index (χ1n) is 3.76. The van der Waals surface area contributed by atoms with Crippen molar-refractivity contribution in [2.75, 3.05) is 0 Å². The zero-order valence-electron chi connectivity index (χ0n) is 6.38. The summed E-state index contributed by atoms with van der Waals surface area (Å²) in [5, 5.41) is 0.623. The lowest BCUT2D eigenvalue weighted by Crippen LogP contribution is -2.03. The minimum absolute atomic E-state index is 0.148. The first-order chi connectivity index (χ1) is 5.77. The van der Waals surface area contributed by atoms with Crippen molar-refractivity contribution in [2.24, 2.45) is 0 Å². The molecule has 12 heavy (non-hydrogen) atoms. The third kappa shape index (κ3) is 1.16. The number of ketones is 1. The normalized spacial score (nSPS) is 14.6. The van der Waals surface area contributed by atoms with Crippen LogP contribution in [0.3, 0.4) is 0 Å². The van der Waals surface area contributed by atoms with Gasteiger partial charge in [-0.3, -0.25) is 4.79 Å². The number of hydrogen-bond donors (Lipinski definition) is 0. The molecule has 1 nitrogen and oxygen atoms in total. The van der Waals surface area contributed by atoms with E-state index in [4.69, 9.17) is 11.6 Å². The van der Waals surface area contributed by atoms with E-state index in [9.17, 15) is 4.79 Å². The second-order valence-electron chi connectivity index (χ2n) is 2.76. The predicted molar refractivity (Wildman–Crippen MR) is 49.4 cm³/mol. The number of allylic oxidation sites excluding steroid dienone is 1. The molecule has 0 spiro atoms. The van der Waals surface area contributed by atoms with Crippen molar-refractivity contribution >= 4 is 23.5 Å². The van der Waals surface area contributed by atoms with Crippen LogP contribution in [0.25, 0.3) is 6.08 Å². The number of fused-ring (bicyclic) bond motifs is 1. The van der Waals surface area contributed by atoms with Gasteiger partial charge in [-0.15, -0.1) is 0 Å². The average Bonchev–Trinajstić information content (AvgIpc) is 2.07. The highest BCUT2D eigenvalue weighted by Gasteiger charge is 2.12. The lowest BCUT2D eigenvalue weighted by molar-refractivity contribution is 0.0994. The van der Waals surface area contributed by atoms with E-state index < -0.39 is 0 Å². The van der Waals surface area contributed by atoms with Gasteiger partial charge in [-0.2, -0.15) is 0 Å². The maximum atomic E-state index is 11.3. The van der Waals surface area contributed by atoms with Gasteiger partial charge < -0.3 is 0 Å². The first kappa shape index (κ1) is 7.56. The maximum Gasteiger partial charge on any atom is 0.167 e. The van der Waals surface area contributed by atoms with Gasteiger partial charge in [0.05, 0.1) is 0 Å². The van der Waals surface area contributed by atoms with Crippen LogP contribution in [0, 0.1) is 0 Å². The van der Waals surface area contributed by atoms with Gasteiger partial charge in [0.15, 0.2) is 5.78 Å². The molecule has 0 heterocycles. The monoisotopic (exact) mass is 178 g/mol. The van der Waals surface area contributed by atoms with E-state index in [1.807, 2.05) is 18.2 Å². The Kier molecular flexibility index (Phi) is 1.74. The van der Waals surface area contributed by atoms with Crippen LogP contribution in [0.1, 0.15) is 22.3 Å². The summed E-state index contributed by atoms with van der Waals surface area (Å²) in [6.45, 7) is 0. The summed E-state index contributed by atoms with van der Waals surface area (Å²) in [5.41, 5.74) is 1.71. The lowest BCUT2D eigenvalue weighted by Gasteiger charge is -2.08. The van der Waals surface area contributed by atoms with Crippen LogP contribution in [-0.2, 0) is 0 Å². The van der Waals surface area contributed by atoms with Crippen molar-refractivity contribution in [1.29, 1.82) is 0 Å². The van der Waals surface area contributed by atoms with E-state index >= 15 is 0 Å². The molecule has 0 saturated heterocycles. The molecule has 0 amide bonds. The molecular formula is C10H7ClO. The second kappa shape index (κ2) is 2.76. The SMILES string of the molecule is O=C1CC=Cc2ccc(Cl)cc21. The third-order valence-electron chi connectivity index (χ3n) is 1.92. The van der Waals surface area contributed by atoms with Crippen LogP contribution in [0.2, 0.25) is 5.02 Å². The highest BCUT2D eigenvalue weighted by molar-refractivity contribution is 6.31. The summed E-state index contributed by atoms with van der Waals surface area (Å²) in [6.07, 6.45) is 4.32.